The molecular formula is C21H29IN6O. The van der Waals surface area contributed by atoms with Crippen LogP contribution in [0, 0.1) is 6.92 Å². The second-order valence-corrected chi connectivity index (χ2v) is 6.72. The third kappa shape index (κ3) is 6.59. The Balaban J connectivity index is 0.00000300. The smallest absolute Gasteiger partial charge is 0.194 e. The number of aromatic nitrogens is 3. The van der Waals surface area contributed by atoms with Crippen LogP contribution >= 0.6 is 24.0 Å². The average molecular weight is 508 g/mol. The van der Waals surface area contributed by atoms with E-state index in [4.69, 9.17) is 9.41 Å². The van der Waals surface area contributed by atoms with Crippen LogP contribution in [-0.2, 0) is 26.1 Å². The highest BCUT2D eigenvalue weighted by atomic mass is 127. The summed E-state index contributed by atoms with van der Waals surface area (Å²) in [5.74, 6) is 2.67. The lowest BCUT2D eigenvalue weighted by Crippen LogP contribution is -2.40. The van der Waals surface area contributed by atoms with Gasteiger partial charge >= 0.3 is 0 Å². The van der Waals surface area contributed by atoms with Gasteiger partial charge in [-0.2, -0.15) is 0 Å². The van der Waals surface area contributed by atoms with Gasteiger partial charge in [0.05, 0.1) is 6.26 Å². The zero-order chi connectivity index (χ0) is 19.8. The minimum atomic E-state index is 0. The van der Waals surface area contributed by atoms with Crippen LogP contribution in [0.2, 0.25) is 0 Å². The van der Waals surface area contributed by atoms with E-state index in [2.05, 4.69) is 70.1 Å². The molecule has 0 aliphatic rings. The molecule has 8 heteroatoms. The van der Waals surface area contributed by atoms with Gasteiger partial charge in [-0.1, -0.05) is 31.2 Å². The van der Waals surface area contributed by atoms with E-state index in [0.29, 0.717) is 6.54 Å². The van der Waals surface area contributed by atoms with E-state index in [1.54, 1.807) is 12.6 Å². The molecule has 7 nitrogen and oxygen atoms in total. The van der Waals surface area contributed by atoms with E-state index in [9.17, 15) is 0 Å². The zero-order valence-corrected chi connectivity index (χ0v) is 19.5. The quantitative estimate of drug-likeness (QED) is 0.286. The largest absolute Gasteiger partial charge is 0.467 e. The van der Waals surface area contributed by atoms with Crippen LogP contribution < -0.4 is 5.32 Å². The van der Waals surface area contributed by atoms with Gasteiger partial charge in [0.15, 0.2) is 5.96 Å². The number of hydrogen-bond acceptors (Lipinski definition) is 4. The normalized spacial score (nSPS) is 11.2. The van der Waals surface area contributed by atoms with Gasteiger partial charge in [-0.05, 0) is 30.2 Å². The number of guanidine groups is 1. The molecule has 2 heterocycles. The van der Waals surface area contributed by atoms with E-state index in [0.717, 1.165) is 43.6 Å². The molecule has 0 unspecified atom stereocenters. The SMILES string of the molecule is CCc1nncn1CCNC(=NCc1ccco1)N(C)Cc1ccccc1C.I. The van der Waals surface area contributed by atoms with Gasteiger partial charge in [0.1, 0.15) is 24.5 Å². The third-order valence-electron chi connectivity index (χ3n) is 4.64. The van der Waals surface area contributed by atoms with Crippen LogP contribution in [0.1, 0.15) is 29.6 Å². The van der Waals surface area contributed by atoms with Crippen molar-refractivity contribution in [2.75, 3.05) is 13.6 Å². The van der Waals surface area contributed by atoms with E-state index in [1.807, 2.05) is 12.1 Å². The van der Waals surface area contributed by atoms with Crippen LogP contribution in [0.15, 0.2) is 58.4 Å². The molecule has 29 heavy (non-hydrogen) atoms. The number of rotatable bonds is 8. The van der Waals surface area contributed by atoms with Gasteiger partial charge < -0.3 is 19.2 Å². The Morgan fingerprint density at radius 2 is 2.07 bits per heavy atom. The standard InChI is InChI=1S/C21H28N6O.HI/c1-4-20-25-24-16-27(20)12-11-22-21(23-14-19-10-7-13-28-19)26(3)15-18-9-6-5-8-17(18)2;/h5-10,13,16H,4,11-12,14-15H2,1-3H3,(H,22,23);1H. The Labute approximate surface area is 189 Å². The van der Waals surface area contributed by atoms with Gasteiger partial charge in [0.25, 0.3) is 0 Å². The Bertz CT molecular complexity index is 890. The molecule has 0 radical (unpaired) electrons. The predicted octanol–water partition coefficient (Wildman–Crippen LogP) is 3.64. The summed E-state index contributed by atoms with van der Waals surface area (Å²) in [7, 11) is 2.05. The maximum atomic E-state index is 5.42. The minimum absolute atomic E-state index is 0. The fourth-order valence-electron chi connectivity index (χ4n) is 3.01. The van der Waals surface area contributed by atoms with Crippen LogP contribution in [0.25, 0.3) is 0 Å². The zero-order valence-electron chi connectivity index (χ0n) is 17.2. The maximum Gasteiger partial charge on any atom is 0.194 e. The van der Waals surface area contributed by atoms with Crippen LogP contribution in [-0.4, -0.2) is 39.2 Å². The third-order valence-corrected chi connectivity index (χ3v) is 4.64. The fraction of sp³-hybridized carbons (Fsp3) is 0.381. The lowest BCUT2D eigenvalue weighted by Gasteiger charge is -2.23. The number of benzene rings is 1. The first-order chi connectivity index (χ1) is 13.7. The average Bonchev–Trinajstić information content (AvgIpc) is 3.37. The molecule has 0 aliphatic heterocycles. The molecule has 0 saturated heterocycles. The first-order valence-corrected chi connectivity index (χ1v) is 9.60. The van der Waals surface area contributed by atoms with Gasteiger partial charge in [0, 0.05) is 33.1 Å². The second kappa shape index (κ2) is 11.6. The van der Waals surface area contributed by atoms with Crippen molar-refractivity contribution in [2.24, 2.45) is 4.99 Å². The van der Waals surface area contributed by atoms with Crippen molar-refractivity contribution in [3.05, 3.63) is 71.7 Å². The molecule has 0 amide bonds. The summed E-state index contributed by atoms with van der Waals surface area (Å²) in [6, 6.07) is 12.2. The molecule has 0 fully saturated rings. The van der Waals surface area contributed by atoms with Gasteiger partial charge in [-0.25, -0.2) is 4.99 Å². The molecule has 0 aliphatic carbocycles. The molecular weight excluding hydrogens is 479 g/mol. The molecule has 0 spiro atoms. The Morgan fingerprint density at radius 1 is 1.24 bits per heavy atom. The van der Waals surface area contributed by atoms with Crippen molar-refractivity contribution in [3.63, 3.8) is 0 Å². The number of nitrogens with one attached hydrogen (secondary N) is 1. The molecule has 0 bridgehead atoms. The number of halogens is 1. The van der Waals surface area contributed by atoms with Gasteiger partial charge in [-0.3, -0.25) is 0 Å². The van der Waals surface area contributed by atoms with Crippen molar-refractivity contribution >= 4 is 29.9 Å². The van der Waals surface area contributed by atoms with Gasteiger partial charge in [0.2, 0.25) is 0 Å². The van der Waals surface area contributed by atoms with Crippen molar-refractivity contribution in [2.45, 2.75) is 39.9 Å². The second-order valence-electron chi connectivity index (χ2n) is 6.72. The van der Waals surface area contributed by atoms with Crippen molar-refractivity contribution < 1.29 is 4.42 Å². The highest BCUT2D eigenvalue weighted by Crippen LogP contribution is 2.10. The molecule has 0 saturated carbocycles. The molecule has 1 aromatic carbocycles. The van der Waals surface area contributed by atoms with Crippen LogP contribution in [0.5, 0.6) is 0 Å². The monoisotopic (exact) mass is 508 g/mol. The number of hydrogen-bond donors (Lipinski definition) is 1. The van der Waals surface area contributed by atoms with E-state index < -0.39 is 0 Å². The fourth-order valence-corrected chi connectivity index (χ4v) is 3.01. The van der Waals surface area contributed by atoms with Crippen molar-refractivity contribution in [1.82, 2.24) is 25.0 Å². The Morgan fingerprint density at radius 3 is 2.79 bits per heavy atom. The summed E-state index contributed by atoms with van der Waals surface area (Å²) in [5.41, 5.74) is 2.56. The summed E-state index contributed by atoms with van der Waals surface area (Å²) >= 11 is 0. The number of nitrogens with zero attached hydrogens (tertiary/aromatic N) is 5. The first-order valence-electron chi connectivity index (χ1n) is 9.60. The van der Waals surface area contributed by atoms with Crippen LogP contribution in [0.4, 0.5) is 0 Å². The number of furan rings is 1. The van der Waals surface area contributed by atoms with Crippen LogP contribution in [0.3, 0.4) is 0 Å². The number of aliphatic imine (C=N–C) groups is 1. The molecule has 2 aromatic heterocycles. The number of aryl methyl sites for hydroxylation is 2. The van der Waals surface area contributed by atoms with E-state index in [1.165, 1.54) is 11.1 Å². The lowest BCUT2D eigenvalue weighted by molar-refractivity contribution is 0.463. The topological polar surface area (TPSA) is 71.5 Å². The molecule has 156 valence electrons. The molecule has 0 atom stereocenters. The summed E-state index contributed by atoms with van der Waals surface area (Å²) < 4.78 is 7.49. The highest BCUT2D eigenvalue weighted by Gasteiger charge is 2.10. The molecule has 1 N–H and O–H groups in total. The Hall–Kier alpha value is -2.36. The minimum Gasteiger partial charge on any atom is -0.467 e. The predicted molar refractivity (Wildman–Crippen MR) is 125 cm³/mol. The molecule has 3 aromatic rings. The lowest BCUT2D eigenvalue weighted by atomic mass is 10.1. The van der Waals surface area contributed by atoms with Crippen molar-refractivity contribution in [3.8, 4) is 0 Å². The maximum absolute atomic E-state index is 5.42. The van der Waals surface area contributed by atoms with Gasteiger partial charge in [-0.15, -0.1) is 34.2 Å². The van der Waals surface area contributed by atoms with E-state index >= 15 is 0 Å². The summed E-state index contributed by atoms with van der Waals surface area (Å²) in [5, 5.41) is 11.6. The molecule has 3 rings (SSSR count). The van der Waals surface area contributed by atoms with E-state index in [-0.39, 0.29) is 24.0 Å². The summed E-state index contributed by atoms with van der Waals surface area (Å²) in [4.78, 5) is 6.89. The highest BCUT2D eigenvalue weighted by molar-refractivity contribution is 14.0. The van der Waals surface area contributed by atoms with Crippen molar-refractivity contribution in [1.29, 1.82) is 0 Å². The Kier molecular flexibility index (Phi) is 9.17. The first kappa shape index (κ1) is 22.9. The summed E-state index contributed by atoms with van der Waals surface area (Å²) in [6.07, 6.45) is 4.32. The summed E-state index contributed by atoms with van der Waals surface area (Å²) in [6.45, 7) is 7.02.